The molecule has 0 heterocycles. The number of unbranched alkanes of at least 4 members (excludes halogenated alkanes) is 2. The number of rotatable bonds is 9. The first-order valence-electron chi connectivity index (χ1n) is 10.5. The van der Waals surface area contributed by atoms with Gasteiger partial charge in [0.1, 0.15) is 7.85 Å². The van der Waals surface area contributed by atoms with Gasteiger partial charge in [-0.15, -0.1) is 5.98 Å². The topological polar surface area (TPSA) is 0 Å². The summed E-state index contributed by atoms with van der Waals surface area (Å²) < 4.78 is 0. The number of allylic oxidation sites excluding steroid dienone is 1. The molecule has 0 aromatic heterocycles. The van der Waals surface area contributed by atoms with Crippen molar-refractivity contribution in [3.8, 4) is 0 Å². The first-order valence-corrected chi connectivity index (χ1v) is 10.5. The molecule has 0 spiro atoms. The van der Waals surface area contributed by atoms with Crippen molar-refractivity contribution in [3.63, 3.8) is 0 Å². The van der Waals surface area contributed by atoms with Gasteiger partial charge in [-0.05, 0) is 54.8 Å². The second-order valence-corrected chi connectivity index (χ2v) is 9.15. The van der Waals surface area contributed by atoms with Crippen molar-refractivity contribution >= 4 is 7.85 Å². The van der Waals surface area contributed by atoms with Gasteiger partial charge in [-0.25, -0.2) is 0 Å². The molecule has 1 saturated carbocycles. The van der Waals surface area contributed by atoms with Gasteiger partial charge in [0.2, 0.25) is 0 Å². The van der Waals surface area contributed by atoms with Gasteiger partial charge in [-0.1, -0.05) is 79.2 Å². The zero-order valence-corrected chi connectivity index (χ0v) is 17.1. The highest BCUT2D eigenvalue weighted by atomic mass is 14.5. The van der Waals surface area contributed by atoms with Crippen molar-refractivity contribution in [1.82, 2.24) is 0 Å². The van der Waals surface area contributed by atoms with E-state index >= 15 is 0 Å². The lowest BCUT2D eigenvalue weighted by molar-refractivity contribution is 0.0280. The molecule has 1 fully saturated rings. The van der Waals surface area contributed by atoms with Gasteiger partial charge in [-0.3, -0.25) is 0 Å². The molecule has 134 valence electrons. The van der Waals surface area contributed by atoms with Gasteiger partial charge < -0.3 is 0 Å². The van der Waals surface area contributed by atoms with Gasteiger partial charge in [0.15, 0.2) is 0 Å². The molecule has 0 nitrogen and oxygen atoms in total. The Morgan fingerprint density at radius 2 is 1.70 bits per heavy atom. The molecule has 1 aliphatic carbocycles. The molecule has 0 aromatic rings. The van der Waals surface area contributed by atoms with E-state index in [1.54, 1.807) is 0 Å². The van der Waals surface area contributed by atoms with Crippen LogP contribution >= 0.6 is 0 Å². The highest BCUT2D eigenvalue weighted by Crippen LogP contribution is 2.55. The lowest BCUT2D eigenvalue weighted by Crippen LogP contribution is -2.37. The summed E-state index contributed by atoms with van der Waals surface area (Å²) in [5.41, 5.74) is 1.11. The van der Waals surface area contributed by atoms with Crippen molar-refractivity contribution in [1.29, 1.82) is 0 Å². The summed E-state index contributed by atoms with van der Waals surface area (Å²) in [6.45, 7) is 12.3. The number of hydrogen-bond acceptors (Lipinski definition) is 0. The van der Waals surface area contributed by atoms with Crippen LogP contribution in [0.3, 0.4) is 0 Å². The van der Waals surface area contributed by atoms with Gasteiger partial charge in [0, 0.05) is 0 Å². The number of hydrogen-bond donors (Lipinski definition) is 0. The van der Waals surface area contributed by atoms with E-state index < -0.39 is 0 Å². The molecule has 0 aromatic carbocycles. The summed E-state index contributed by atoms with van der Waals surface area (Å²) in [7, 11) is 2.18. The molecule has 1 rings (SSSR count). The van der Waals surface area contributed by atoms with Crippen LogP contribution in [0.5, 0.6) is 0 Å². The molecule has 0 saturated heterocycles. The fourth-order valence-corrected chi connectivity index (χ4v) is 4.92. The molecule has 0 radical (unpaired) electrons. The lowest BCUT2D eigenvalue weighted by Gasteiger charge is -2.48. The van der Waals surface area contributed by atoms with E-state index in [2.05, 4.69) is 54.5 Å². The maximum atomic E-state index is 2.59. The Bertz CT molecular complexity index is 342. The van der Waals surface area contributed by atoms with Crippen LogP contribution in [0.25, 0.3) is 0 Å². The van der Waals surface area contributed by atoms with Gasteiger partial charge in [-0.2, -0.15) is 0 Å². The minimum Gasteiger partial charge on any atom is -0.127 e. The SMILES string of the molecule is B/C=C/C(CCC1(CCCCC)CCCCCC1(C)C)C(C)C. The second-order valence-electron chi connectivity index (χ2n) is 9.15. The zero-order valence-electron chi connectivity index (χ0n) is 17.1. The minimum atomic E-state index is 0.523. The van der Waals surface area contributed by atoms with Crippen LogP contribution in [0.4, 0.5) is 0 Å². The molecule has 0 bridgehead atoms. The first-order chi connectivity index (χ1) is 10.9. The molecule has 1 heteroatoms. The molecule has 0 aliphatic heterocycles. The van der Waals surface area contributed by atoms with Crippen LogP contribution < -0.4 is 0 Å². The fraction of sp³-hybridized carbons (Fsp3) is 0.909. The van der Waals surface area contributed by atoms with E-state index in [1.165, 1.54) is 70.6 Å². The largest absolute Gasteiger partial charge is 0.129 e. The summed E-state index contributed by atoms with van der Waals surface area (Å²) in [6, 6.07) is 0. The van der Waals surface area contributed by atoms with E-state index in [9.17, 15) is 0 Å². The summed E-state index contributed by atoms with van der Waals surface area (Å²) in [5, 5.41) is 0. The Balaban J connectivity index is 2.89. The van der Waals surface area contributed by atoms with Crippen molar-refractivity contribution in [2.45, 2.75) is 105 Å². The summed E-state index contributed by atoms with van der Waals surface area (Å²) in [4.78, 5) is 0. The highest BCUT2D eigenvalue weighted by Gasteiger charge is 2.44. The zero-order chi connectivity index (χ0) is 17.3. The summed E-state index contributed by atoms with van der Waals surface area (Å²) in [5.74, 6) is 3.81. The van der Waals surface area contributed by atoms with Crippen molar-refractivity contribution in [3.05, 3.63) is 12.1 Å². The van der Waals surface area contributed by atoms with Gasteiger partial charge in [0.25, 0.3) is 0 Å². The molecule has 23 heavy (non-hydrogen) atoms. The predicted molar refractivity (Wildman–Crippen MR) is 109 cm³/mol. The van der Waals surface area contributed by atoms with Crippen LogP contribution in [-0.2, 0) is 0 Å². The quantitative estimate of drug-likeness (QED) is 0.251. The van der Waals surface area contributed by atoms with Gasteiger partial charge >= 0.3 is 0 Å². The van der Waals surface area contributed by atoms with Crippen LogP contribution in [0.1, 0.15) is 105 Å². The Hall–Kier alpha value is -0.195. The van der Waals surface area contributed by atoms with Crippen LogP contribution in [-0.4, -0.2) is 7.85 Å². The average Bonchev–Trinajstić information content (AvgIpc) is 2.63. The minimum absolute atomic E-state index is 0.523. The Labute approximate surface area is 148 Å². The Morgan fingerprint density at radius 3 is 2.30 bits per heavy atom. The molecule has 0 N–H and O–H groups in total. The smallest absolute Gasteiger partial charge is 0.127 e. The Morgan fingerprint density at radius 1 is 1.00 bits per heavy atom. The third-order valence-electron chi connectivity index (χ3n) is 6.90. The van der Waals surface area contributed by atoms with Crippen LogP contribution in [0, 0.1) is 22.7 Å². The first kappa shape index (κ1) is 20.8. The third kappa shape index (κ3) is 5.98. The van der Waals surface area contributed by atoms with Crippen molar-refractivity contribution in [2.24, 2.45) is 22.7 Å². The van der Waals surface area contributed by atoms with Crippen LogP contribution in [0.2, 0.25) is 0 Å². The van der Waals surface area contributed by atoms with E-state index in [4.69, 9.17) is 0 Å². The standard InChI is InChI=1S/C22H43B/c1-6-7-9-15-22(16-11-8-10-14-21(22,4)5)17-12-20(13-18-23)19(2)3/h13,18-20H,6-12,14-17,23H2,1-5H3/b18-13+. The predicted octanol–water partition coefficient (Wildman–Crippen LogP) is 6.74. The maximum absolute atomic E-state index is 2.59. The lowest BCUT2D eigenvalue weighted by atomic mass is 9.57. The van der Waals surface area contributed by atoms with E-state index in [-0.39, 0.29) is 0 Å². The monoisotopic (exact) mass is 318 g/mol. The molecule has 2 unspecified atom stereocenters. The molecule has 2 atom stereocenters. The molecule has 0 amide bonds. The highest BCUT2D eigenvalue weighted by molar-refractivity contribution is 6.16. The van der Waals surface area contributed by atoms with E-state index in [1.807, 2.05) is 0 Å². The van der Waals surface area contributed by atoms with E-state index in [0.717, 1.165) is 11.8 Å². The van der Waals surface area contributed by atoms with Crippen LogP contribution in [0.15, 0.2) is 12.1 Å². The fourth-order valence-electron chi connectivity index (χ4n) is 4.92. The normalized spacial score (nSPS) is 26.5. The van der Waals surface area contributed by atoms with Gasteiger partial charge in [0.05, 0.1) is 0 Å². The van der Waals surface area contributed by atoms with Crippen molar-refractivity contribution in [2.75, 3.05) is 0 Å². The summed E-state index contributed by atoms with van der Waals surface area (Å²) in [6.07, 6.45) is 18.3. The average molecular weight is 318 g/mol. The molecule has 1 aliphatic rings. The Kier molecular flexibility index (Phi) is 9.02. The third-order valence-corrected chi connectivity index (χ3v) is 6.90. The second kappa shape index (κ2) is 9.95. The summed E-state index contributed by atoms with van der Waals surface area (Å²) >= 11 is 0. The van der Waals surface area contributed by atoms with E-state index in [0.29, 0.717) is 10.8 Å². The molecular formula is C22H43B. The molecular weight excluding hydrogens is 275 g/mol. The maximum Gasteiger partial charge on any atom is 0.129 e. The van der Waals surface area contributed by atoms with Crippen molar-refractivity contribution < 1.29 is 0 Å².